The molecule has 2 N–H and O–H groups in total. The Labute approximate surface area is 104 Å². The Morgan fingerprint density at radius 1 is 1.39 bits per heavy atom. The summed E-state index contributed by atoms with van der Waals surface area (Å²) < 4.78 is 0. The second-order valence-corrected chi connectivity index (χ2v) is 4.18. The van der Waals surface area contributed by atoms with E-state index in [-0.39, 0.29) is 30.5 Å². The summed E-state index contributed by atoms with van der Waals surface area (Å²) in [7, 11) is 0. The molecule has 0 aliphatic carbocycles. The Balaban J connectivity index is 2.85. The van der Waals surface area contributed by atoms with E-state index in [9.17, 15) is 14.4 Å². The number of rotatable bonds is 5. The molecular weight excluding hydrogens is 236 g/mol. The molecule has 1 aromatic heterocycles. The van der Waals surface area contributed by atoms with Gasteiger partial charge in [-0.2, -0.15) is 0 Å². The van der Waals surface area contributed by atoms with Gasteiger partial charge in [-0.1, -0.05) is 0 Å². The van der Waals surface area contributed by atoms with Gasteiger partial charge in [-0.15, -0.1) is 0 Å². The molecule has 0 atom stereocenters. The predicted octanol–water partition coefficient (Wildman–Crippen LogP) is 0.700. The highest BCUT2D eigenvalue weighted by molar-refractivity contribution is 5.94. The zero-order valence-corrected chi connectivity index (χ0v) is 10.3. The van der Waals surface area contributed by atoms with Crippen LogP contribution in [0.2, 0.25) is 0 Å². The Morgan fingerprint density at radius 3 is 2.50 bits per heavy atom. The molecule has 0 spiro atoms. The zero-order chi connectivity index (χ0) is 13.7. The highest BCUT2D eigenvalue weighted by Gasteiger charge is 2.19. The molecule has 6 nitrogen and oxygen atoms in total. The van der Waals surface area contributed by atoms with E-state index in [2.05, 4.69) is 4.98 Å². The fraction of sp³-hybridized carbons (Fsp3) is 0.417. The first kappa shape index (κ1) is 14.0. The van der Waals surface area contributed by atoms with Gasteiger partial charge in [0.15, 0.2) is 0 Å². The van der Waals surface area contributed by atoms with E-state index in [1.165, 1.54) is 23.2 Å². The number of carbonyl (C=O) groups is 2. The number of hydrogen-bond donors (Lipinski definition) is 2. The number of nitrogens with one attached hydrogen (secondary N) is 1. The van der Waals surface area contributed by atoms with Crippen LogP contribution in [0.1, 0.15) is 30.6 Å². The molecule has 0 fully saturated rings. The third-order valence-corrected chi connectivity index (χ3v) is 2.48. The van der Waals surface area contributed by atoms with Crippen molar-refractivity contribution < 1.29 is 14.7 Å². The van der Waals surface area contributed by atoms with E-state index in [0.717, 1.165) is 0 Å². The van der Waals surface area contributed by atoms with Crippen molar-refractivity contribution in [2.24, 2.45) is 0 Å². The van der Waals surface area contributed by atoms with Crippen molar-refractivity contribution in [2.75, 3.05) is 6.54 Å². The lowest BCUT2D eigenvalue weighted by molar-refractivity contribution is -0.137. The number of pyridine rings is 1. The van der Waals surface area contributed by atoms with Crippen molar-refractivity contribution in [2.45, 2.75) is 26.3 Å². The average molecular weight is 252 g/mol. The summed E-state index contributed by atoms with van der Waals surface area (Å²) in [5, 5.41) is 8.65. The summed E-state index contributed by atoms with van der Waals surface area (Å²) in [5.41, 5.74) is 0.0573. The number of hydrogen-bond acceptors (Lipinski definition) is 3. The molecular formula is C12H16N2O4. The van der Waals surface area contributed by atoms with Crippen LogP contribution in [0.5, 0.6) is 0 Å². The molecule has 1 aromatic rings. The lowest BCUT2D eigenvalue weighted by atomic mass is 10.2. The van der Waals surface area contributed by atoms with Crippen molar-refractivity contribution >= 4 is 11.9 Å². The molecule has 1 heterocycles. The number of H-pyrrole nitrogens is 1. The van der Waals surface area contributed by atoms with Crippen LogP contribution in [0.3, 0.4) is 0 Å². The van der Waals surface area contributed by atoms with E-state index < -0.39 is 5.97 Å². The standard InChI is InChI=1S/C12H16N2O4/c1-8(2)14(6-5-11(16)17)12(18)9-3-4-10(15)13-7-9/h3-4,7-8H,5-6H2,1-2H3,(H,13,15)(H,16,17). The number of amides is 1. The van der Waals surface area contributed by atoms with E-state index in [0.29, 0.717) is 5.56 Å². The molecule has 0 unspecified atom stereocenters. The van der Waals surface area contributed by atoms with Gasteiger partial charge in [-0.05, 0) is 19.9 Å². The van der Waals surface area contributed by atoms with Gasteiger partial charge < -0.3 is 15.0 Å². The van der Waals surface area contributed by atoms with Crippen LogP contribution < -0.4 is 5.56 Å². The number of carboxylic acid groups (broad SMARTS) is 1. The van der Waals surface area contributed by atoms with Crippen molar-refractivity contribution in [3.8, 4) is 0 Å². The van der Waals surface area contributed by atoms with E-state index in [1.807, 2.05) is 13.8 Å². The maximum Gasteiger partial charge on any atom is 0.305 e. The van der Waals surface area contributed by atoms with Gasteiger partial charge >= 0.3 is 5.97 Å². The monoisotopic (exact) mass is 252 g/mol. The topological polar surface area (TPSA) is 90.5 Å². The molecule has 0 saturated carbocycles. The highest BCUT2D eigenvalue weighted by atomic mass is 16.4. The minimum absolute atomic E-state index is 0.104. The Morgan fingerprint density at radius 2 is 2.06 bits per heavy atom. The largest absolute Gasteiger partial charge is 0.481 e. The number of aliphatic carboxylic acids is 1. The number of aromatic nitrogens is 1. The van der Waals surface area contributed by atoms with Crippen molar-refractivity contribution in [1.29, 1.82) is 0 Å². The number of carboxylic acids is 1. The maximum atomic E-state index is 12.1. The molecule has 0 saturated heterocycles. The van der Waals surface area contributed by atoms with Gasteiger partial charge in [-0.3, -0.25) is 14.4 Å². The summed E-state index contributed by atoms with van der Waals surface area (Å²) in [6, 6.07) is 2.59. The van der Waals surface area contributed by atoms with Gasteiger partial charge in [0.2, 0.25) is 5.56 Å². The molecule has 98 valence electrons. The Bertz CT molecular complexity index is 473. The zero-order valence-electron chi connectivity index (χ0n) is 10.3. The lowest BCUT2D eigenvalue weighted by Gasteiger charge is -2.26. The van der Waals surface area contributed by atoms with Crippen LogP contribution in [0.25, 0.3) is 0 Å². The summed E-state index contributed by atoms with van der Waals surface area (Å²) in [6.07, 6.45) is 1.23. The minimum atomic E-state index is -0.949. The normalized spacial score (nSPS) is 10.4. The molecule has 6 heteroatoms. The maximum absolute atomic E-state index is 12.1. The highest BCUT2D eigenvalue weighted by Crippen LogP contribution is 2.07. The number of nitrogens with zero attached hydrogens (tertiary/aromatic N) is 1. The molecule has 0 aliphatic rings. The van der Waals surface area contributed by atoms with Crippen LogP contribution in [-0.4, -0.2) is 39.5 Å². The van der Waals surface area contributed by atoms with E-state index in [4.69, 9.17) is 5.11 Å². The fourth-order valence-electron chi connectivity index (χ4n) is 1.52. The Kier molecular flexibility index (Phi) is 4.65. The summed E-state index contributed by atoms with van der Waals surface area (Å²) in [5.74, 6) is -1.24. The van der Waals surface area contributed by atoms with Crippen LogP contribution in [0.15, 0.2) is 23.1 Å². The average Bonchev–Trinajstić information content (AvgIpc) is 2.29. The molecule has 0 aromatic carbocycles. The first-order valence-corrected chi connectivity index (χ1v) is 5.63. The van der Waals surface area contributed by atoms with E-state index >= 15 is 0 Å². The molecule has 0 aliphatic heterocycles. The smallest absolute Gasteiger partial charge is 0.305 e. The SMILES string of the molecule is CC(C)N(CCC(=O)O)C(=O)c1ccc(=O)[nH]c1. The van der Waals surface area contributed by atoms with Crippen LogP contribution in [-0.2, 0) is 4.79 Å². The van der Waals surface area contributed by atoms with Crippen molar-refractivity contribution in [3.05, 3.63) is 34.2 Å². The van der Waals surface area contributed by atoms with Crippen LogP contribution in [0.4, 0.5) is 0 Å². The minimum Gasteiger partial charge on any atom is -0.481 e. The van der Waals surface area contributed by atoms with Crippen LogP contribution in [0, 0.1) is 0 Å². The first-order valence-electron chi connectivity index (χ1n) is 5.63. The van der Waals surface area contributed by atoms with Gasteiger partial charge in [0.05, 0.1) is 12.0 Å². The van der Waals surface area contributed by atoms with Crippen molar-refractivity contribution in [1.82, 2.24) is 9.88 Å². The molecule has 18 heavy (non-hydrogen) atoms. The molecule has 0 bridgehead atoms. The molecule has 0 radical (unpaired) electrons. The quantitative estimate of drug-likeness (QED) is 0.807. The van der Waals surface area contributed by atoms with Gasteiger partial charge in [0.25, 0.3) is 5.91 Å². The predicted molar refractivity (Wildman–Crippen MR) is 65.5 cm³/mol. The Hall–Kier alpha value is -2.11. The fourth-order valence-corrected chi connectivity index (χ4v) is 1.52. The molecule has 1 amide bonds. The third-order valence-electron chi connectivity index (χ3n) is 2.48. The molecule has 1 rings (SSSR count). The van der Waals surface area contributed by atoms with Gasteiger partial charge in [0.1, 0.15) is 0 Å². The van der Waals surface area contributed by atoms with Gasteiger partial charge in [0, 0.05) is 24.8 Å². The van der Waals surface area contributed by atoms with Gasteiger partial charge in [-0.25, -0.2) is 0 Å². The summed E-state index contributed by atoms with van der Waals surface area (Å²) in [6.45, 7) is 3.77. The lowest BCUT2D eigenvalue weighted by Crippen LogP contribution is -2.38. The number of aromatic amines is 1. The first-order chi connectivity index (χ1) is 8.41. The van der Waals surface area contributed by atoms with E-state index in [1.54, 1.807) is 0 Å². The summed E-state index contributed by atoms with van der Waals surface area (Å²) >= 11 is 0. The van der Waals surface area contributed by atoms with Crippen molar-refractivity contribution in [3.63, 3.8) is 0 Å². The second-order valence-electron chi connectivity index (χ2n) is 4.18. The number of carbonyl (C=O) groups excluding carboxylic acids is 1. The third kappa shape index (κ3) is 3.73. The van der Waals surface area contributed by atoms with Crippen LogP contribution >= 0.6 is 0 Å². The second kappa shape index (κ2) is 6.00. The summed E-state index contributed by atoms with van der Waals surface area (Å²) in [4.78, 5) is 37.5.